The van der Waals surface area contributed by atoms with Crippen molar-refractivity contribution in [2.75, 3.05) is 6.54 Å². The molecule has 0 aromatic rings. The normalized spacial score (nSPS) is 28.3. The van der Waals surface area contributed by atoms with Crippen LogP contribution in [0.1, 0.15) is 33.6 Å². The molecule has 1 aliphatic rings. The molecule has 1 nitrogen and oxygen atoms in total. The molecule has 1 aliphatic carbocycles. The molecule has 0 heterocycles. The Morgan fingerprint density at radius 2 is 2.27 bits per heavy atom. The lowest BCUT2D eigenvalue weighted by molar-refractivity contribution is 0.660. The lowest BCUT2D eigenvalue weighted by atomic mass is 10.3. The van der Waals surface area contributed by atoms with E-state index in [9.17, 15) is 0 Å². The first-order valence-corrected chi connectivity index (χ1v) is 4.60. The van der Waals surface area contributed by atoms with Crippen LogP contribution in [-0.2, 0) is 0 Å². The van der Waals surface area contributed by atoms with Gasteiger partial charge in [-0.25, -0.2) is 0 Å². The summed E-state index contributed by atoms with van der Waals surface area (Å²) in [4.78, 5) is 0. The van der Waals surface area contributed by atoms with E-state index in [1.54, 1.807) is 0 Å². The van der Waals surface area contributed by atoms with E-state index < -0.39 is 0 Å². The Hall–Kier alpha value is -0.300. The van der Waals surface area contributed by atoms with Gasteiger partial charge in [0, 0.05) is 12.6 Å². The second kappa shape index (κ2) is 3.91. The van der Waals surface area contributed by atoms with E-state index in [-0.39, 0.29) is 0 Å². The smallest absolute Gasteiger partial charge is 0.0140 e. The van der Waals surface area contributed by atoms with Crippen LogP contribution >= 0.6 is 0 Å². The molecule has 0 radical (unpaired) electrons. The summed E-state index contributed by atoms with van der Waals surface area (Å²) in [5.74, 6) is 0.973. The van der Waals surface area contributed by atoms with E-state index in [1.165, 1.54) is 18.4 Å². The fourth-order valence-electron chi connectivity index (χ4n) is 1.36. The van der Waals surface area contributed by atoms with Crippen LogP contribution in [0.2, 0.25) is 0 Å². The maximum Gasteiger partial charge on any atom is 0.0140 e. The molecule has 64 valence electrons. The molecule has 2 atom stereocenters. The van der Waals surface area contributed by atoms with Gasteiger partial charge in [0.15, 0.2) is 0 Å². The molecule has 1 rings (SSSR count). The zero-order valence-corrected chi connectivity index (χ0v) is 7.85. The highest BCUT2D eigenvalue weighted by atomic mass is 15.0. The minimum atomic E-state index is 0.829. The molecule has 2 unspecified atom stereocenters. The molecule has 11 heavy (non-hydrogen) atoms. The van der Waals surface area contributed by atoms with Gasteiger partial charge in [-0.15, -0.1) is 0 Å². The van der Waals surface area contributed by atoms with Gasteiger partial charge in [-0.1, -0.05) is 25.0 Å². The molecule has 1 fully saturated rings. The van der Waals surface area contributed by atoms with Crippen molar-refractivity contribution < 1.29 is 0 Å². The first-order valence-electron chi connectivity index (χ1n) is 4.60. The fourth-order valence-corrected chi connectivity index (χ4v) is 1.36. The summed E-state index contributed by atoms with van der Waals surface area (Å²) in [5.41, 5.74) is 1.41. The third-order valence-corrected chi connectivity index (χ3v) is 2.34. The monoisotopic (exact) mass is 153 g/mol. The lowest BCUT2D eigenvalue weighted by Crippen LogP contribution is -2.17. The van der Waals surface area contributed by atoms with Crippen LogP contribution in [0.4, 0.5) is 0 Å². The molecule has 1 N–H and O–H groups in total. The number of hydrogen-bond acceptors (Lipinski definition) is 1. The van der Waals surface area contributed by atoms with Crippen LogP contribution < -0.4 is 5.32 Å². The molecule has 1 saturated carbocycles. The summed E-state index contributed by atoms with van der Waals surface area (Å²) in [7, 11) is 0. The third kappa shape index (κ3) is 3.06. The molecular formula is C10H19N. The summed E-state index contributed by atoms with van der Waals surface area (Å²) in [6.07, 6.45) is 4.99. The van der Waals surface area contributed by atoms with Crippen molar-refractivity contribution in [2.24, 2.45) is 5.92 Å². The van der Waals surface area contributed by atoms with Crippen molar-refractivity contribution in [3.63, 3.8) is 0 Å². The zero-order valence-electron chi connectivity index (χ0n) is 7.85. The maximum absolute atomic E-state index is 3.51. The zero-order chi connectivity index (χ0) is 8.27. The standard InChI is InChI=1S/C10H19N/c1-4-9-7-10(9)11-6-5-8(2)3/h5,9-11H,4,6-7H2,1-3H3. The number of hydrogen-bond donors (Lipinski definition) is 1. The number of rotatable bonds is 4. The van der Waals surface area contributed by atoms with E-state index >= 15 is 0 Å². The van der Waals surface area contributed by atoms with E-state index in [1.807, 2.05) is 0 Å². The summed E-state index contributed by atoms with van der Waals surface area (Å²) in [5, 5.41) is 3.51. The Morgan fingerprint density at radius 1 is 1.55 bits per heavy atom. The van der Waals surface area contributed by atoms with Crippen LogP contribution in [0.15, 0.2) is 11.6 Å². The minimum Gasteiger partial charge on any atom is -0.310 e. The van der Waals surface area contributed by atoms with Gasteiger partial charge < -0.3 is 5.32 Å². The van der Waals surface area contributed by atoms with Crippen LogP contribution in [0.5, 0.6) is 0 Å². The van der Waals surface area contributed by atoms with Crippen LogP contribution in [-0.4, -0.2) is 12.6 Å². The predicted molar refractivity (Wildman–Crippen MR) is 49.6 cm³/mol. The molecule has 1 heteroatoms. The highest BCUT2D eigenvalue weighted by Gasteiger charge is 2.33. The largest absolute Gasteiger partial charge is 0.310 e. The third-order valence-electron chi connectivity index (χ3n) is 2.34. The van der Waals surface area contributed by atoms with Gasteiger partial charge in [-0.3, -0.25) is 0 Å². The highest BCUT2D eigenvalue weighted by molar-refractivity contribution is 4.98. The van der Waals surface area contributed by atoms with Crippen LogP contribution in [0.3, 0.4) is 0 Å². The van der Waals surface area contributed by atoms with Crippen molar-refractivity contribution in [1.82, 2.24) is 5.32 Å². The molecule has 0 spiro atoms. The van der Waals surface area contributed by atoms with E-state index in [4.69, 9.17) is 0 Å². The number of nitrogens with one attached hydrogen (secondary N) is 1. The van der Waals surface area contributed by atoms with E-state index in [0.29, 0.717) is 0 Å². The van der Waals surface area contributed by atoms with Gasteiger partial charge in [0.05, 0.1) is 0 Å². The number of allylic oxidation sites excluding steroid dienone is 1. The first kappa shape index (κ1) is 8.79. The van der Waals surface area contributed by atoms with Gasteiger partial charge in [0.1, 0.15) is 0 Å². The Kier molecular flexibility index (Phi) is 3.13. The molecule has 0 aromatic heterocycles. The lowest BCUT2D eigenvalue weighted by Gasteiger charge is -1.98. The van der Waals surface area contributed by atoms with Gasteiger partial charge in [0.25, 0.3) is 0 Å². The second-order valence-electron chi connectivity index (χ2n) is 3.70. The second-order valence-corrected chi connectivity index (χ2v) is 3.70. The summed E-state index contributed by atoms with van der Waals surface area (Å²) in [6, 6.07) is 0.829. The average Bonchev–Trinajstić information content (AvgIpc) is 2.66. The average molecular weight is 153 g/mol. The van der Waals surface area contributed by atoms with Crippen molar-refractivity contribution in [2.45, 2.75) is 39.7 Å². The van der Waals surface area contributed by atoms with Crippen LogP contribution in [0.25, 0.3) is 0 Å². The summed E-state index contributed by atoms with van der Waals surface area (Å²) in [6.45, 7) is 7.62. The Labute approximate surface area is 69.9 Å². The van der Waals surface area contributed by atoms with Crippen LogP contribution in [0, 0.1) is 5.92 Å². The molecule has 0 aromatic carbocycles. The van der Waals surface area contributed by atoms with Crippen molar-refractivity contribution in [3.8, 4) is 0 Å². The van der Waals surface area contributed by atoms with Gasteiger partial charge in [-0.05, 0) is 26.2 Å². The van der Waals surface area contributed by atoms with Gasteiger partial charge in [-0.2, -0.15) is 0 Å². The van der Waals surface area contributed by atoms with Crippen molar-refractivity contribution in [3.05, 3.63) is 11.6 Å². The maximum atomic E-state index is 3.51. The fraction of sp³-hybridized carbons (Fsp3) is 0.800. The Morgan fingerprint density at radius 3 is 2.73 bits per heavy atom. The van der Waals surface area contributed by atoms with E-state index in [2.05, 4.69) is 32.2 Å². The van der Waals surface area contributed by atoms with E-state index in [0.717, 1.165) is 18.5 Å². The minimum absolute atomic E-state index is 0.829. The quantitative estimate of drug-likeness (QED) is 0.611. The van der Waals surface area contributed by atoms with Gasteiger partial charge >= 0.3 is 0 Å². The van der Waals surface area contributed by atoms with Gasteiger partial charge in [0.2, 0.25) is 0 Å². The molecule has 0 amide bonds. The predicted octanol–water partition coefficient (Wildman–Crippen LogP) is 2.34. The summed E-state index contributed by atoms with van der Waals surface area (Å²) >= 11 is 0. The highest BCUT2D eigenvalue weighted by Crippen LogP contribution is 2.32. The summed E-state index contributed by atoms with van der Waals surface area (Å²) < 4.78 is 0. The molecule has 0 saturated heterocycles. The van der Waals surface area contributed by atoms with Crippen molar-refractivity contribution in [1.29, 1.82) is 0 Å². The Bertz CT molecular complexity index is 145. The molecular weight excluding hydrogens is 134 g/mol. The topological polar surface area (TPSA) is 12.0 Å². The van der Waals surface area contributed by atoms with Crippen molar-refractivity contribution >= 4 is 0 Å². The Balaban J connectivity index is 2.02. The molecule has 0 aliphatic heterocycles. The first-order chi connectivity index (χ1) is 5.24. The molecule has 0 bridgehead atoms. The SMILES string of the molecule is CCC1CC1NCC=C(C)C.